The Kier molecular flexibility index (Phi) is 3.48. The van der Waals surface area contributed by atoms with Crippen LogP contribution >= 0.6 is 0 Å². The van der Waals surface area contributed by atoms with Crippen molar-refractivity contribution in [2.24, 2.45) is 0 Å². The molecule has 0 aliphatic heterocycles. The quantitative estimate of drug-likeness (QED) is 0.716. The molecular formula is C18H17NO2. The number of rotatable bonds is 4. The Balaban J connectivity index is 1.77. The first-order valence-electron chi connectivity index (χ1n) is 6.98. The highest BCUT2D eigenvalue weighted by atomic mass is 16.4. The first kappa shape index (κ1) is 13.4. The van der Waals surface area contributed by atoms with Crippen LogP contribution in [-0.2, 0) is 11.2 Å². The largest absolute Gasteiger partial charge is 0.478 e. The summed E-state index contributed by atoms with van der Waals surface area (Å²) in [6.45, 7) is 2.35. The molecule has 0 atom stereocenters. The molecule has 0 unspecified atom stereocenters. The van der Waals surface area contributed by atoms with Gasteiger partial charge in [0, 0.05) is 18.3 Å². The fourth-order valence-corrected chi connectivity index (χ4v) is 2.76. The number of anilines is 1. The zero-order chi connectivity index (χ0) is 14.8. The van der Waals surface area contributed by atoms with Gasteiger partial charge in [-0.2, -0.15) is 0 Å². The van der Waals surface area contributed by atoms with Crippen molar-refractivity contribution < 1.29 is 9.90 Å². The summed E-state index contributed by atoms with van der Waals surface area (Å²) in [6, 6.07) is 14.8. The van der Waals surface area contributed by atoms with E-state index in [2.05, 4.69) is 47.8 Å². The molecule has 2 aromatic rings. The lowest BCUT2D eigenvalue weighted by molar-refractivity contribution is -0.131. The van der Waals surface area contributed by atoms with Gasteiger partial charge in [-0.1, -0.05) is 30.3 Å². The van der Waals surface area contributed by atoms with Gasteiger partial charge in [-0.05, 0) is 53.3 Å². The van der Waals surface area contributed by atoms with Crippen molar-refractivity contribution in [2.75, 3.05) is 11.9 Å². The van der Waals surface area contributed by atoms with Gasteiger partial charge in [0.25, 0.3) is 0 Å². The van der Waals surface area contributed by atoms with E-state index in [-0.39, 0.29) is 0 Å². The topological polar surface area (TPSA) is 49.3 Å². The minimum Gasteiger partial charge on any atom is -0.478 e. The van der Waals surface area contributed by atoms with Crippen molar-refractivity contribution in [2.45, 2.75) is 13.3 Å². The third kappa shape index (κ3) is 2.82. The third-order valence-corrected chi connectivity index (χ3v) is 3.73. The Bertz CT molecular complexity index is 732. The molecule has 0 heterocycles. The number of aliphatic carboxylic acids is 1. The maximum absolute atomic E-state index is 10.6. The predicted octanol–water partition coefficient (Wildman–Crippen LogP) is 3.70. The molecule has 0 spiro atoms. The minimum absolute atomic E-state index is 0.540. The van der Waals surface area contributed by atoms with E-state index in [1.54, 1.807) is 0 Å². The van der Waals surface area contributed by atoms with Crippen LogP contribution in [0.15, 0.2) is 54.1 Å². The van der Waals surface area contributed by atoms with E-state index in [1.807, 2.05) is 6.92 Å². The van der Waals surface area contributed by atoms with Gasteiger partial charge in [-0.15, -0.1) is 0 Å². The Morgan fingerprint density at radius 1 is 1.19 bits per heavy atom. The van der Waals surface area contributed by atoms with Gasteiger partial charge >= 0.3 is 5.97 Å². The average molecular weight is 279 g/mol. The van der Waals surface area contributed by atoms with E-state index >= 15 is 0 Å². The van der Waals surface area contributed by atoms with E-state index in [0.29, 0.717) is 6.54 Å². The van der Waals surface area contributed by atoms with Gasteiger partial charge in [0.2, 0.25) is 0 Å². The highest BCUT2D eigenvalue weighted by molar-refractivity contribution is 5.81. The number of fused-ring (bicyclic) bond motifs is 3. The van der Waals surface area contributed by atoms with E-state index in [4.69, 9.17) is 5.11 Å². The van der Waals surface area contributed by atoms with E-state index in [0.717, 1.165) is 17.7 Å². The third-order valence-electron chi connectivity index (χ3n) is 3.73. The smallest absolute Gasteiger partial charge is 0.328 e. The summed E-state index contributed by atoms with van der Waals surface area (Å²) < 4.78 is 0. The molecule has 3 rings (SSSR count). The van der Waals surface area contributed by atoms with Gasteiger partial charge in [-0.25, -0.2) is 4.79 Å². The molecule has 0 saturated carbocycles. The van der Waals surface area contributed by atoms with Crippen LogP contribution in [0.1, 0.15) is 18.1 Å². The number of carboxylic acids is 1. The molecule has 2 N–H and O–H groups in total. The normalized spacial score (nSPS) is 12.7. The molecule has 21 heavy (non-hydrogen) atoms. The summed E-state index contributed by atoms with van der Waals surface area (Å²) in [5.41, 5.74) is 7.13. The highest BCUT2D eigenvalue weighted by Crippen LogP contribution is 2.37. The minimum atomic E-state index is -0.904. The summed E-state index contributed by atoms with van der Waals surface area (Å²) in [5, 5.41) is 12.0. The molecule has 3 nitrogen and oxygen atoms in total. The maximum Gasteiger partial charge on any atom is 0.328 e. The molecule has 0 fully saturated rings. The van der Waals surface area contributed by atoms with Gasteiger partial charge in [0.05, 0.1) is 0 Å². The second-order valence-corrected chi connectivity index (χ2v) is 5.39. The Labute approximate surface area is 123 Å². The summed E-state index contributed by atoms with van der Waals surface area (Å²) >= 11 is 0. The van der Waals surface area contributed by atoms with Crippen molar-refractivity contribution in [1.29, 1.82) is 0 Å². The lowest BCUT2D eigenvalue weighted by Crippen LogP contribution is -2.04. The van der Waals surface area contributed by atoms with Gasteiger partial charge in [-0.3, -0.25) is 0 Å². The van der Waals surface area contributed by atoms with Gasteiger partial charge in [0.1, 0.15) is 0 Å². The molecule has 0 radical (unpaired) electrons. The second kappa shape index (κ2) is 5.44. The van der Waals surface area contributed by atoms with Gasteiger partial charge < -0.3 is 10.4 Å². The maximum atomic E-state index is 10.6. The lowest BCUT2D eigenvalue weighted by atomic mass is 10.1. The molecule has 1 aliphatic rings. The SMILES string of the molecule is C/C(=C/C(=O)O)CNc1ccc2c(c1)Cc1ccccc1-2. The summed E-state index contributed by atoms with van der Waals surface area (Å²) in [6.07, 6.45) is 2.20. The highest BCUT2D eigenvalue weighted by Gasteiger charge is 2.17. The molecule has 106 valence electrons. The second-order valence-electron chi connectivity index (χ2n) is 5.39. The molecule has 0 amide bonds. The molecule has 0 saturated heterocycles. The van der Waals surface area contributed by atoms with Crippen molar-refractivity contribution >= 4 is 11.7 Å². The number of nitrogens with one attached hydrogen (secondary N) is 1. The number of hydrogen-bond acceptors (Lipinski definition) is 2. The first-order chi connectivity index (χ1) is 10.1. The van der Waals surface area contributed by atoms with Crippen LogP contribution in [0.2, 0.25) is 0 Å². The van der Waals surface area contributed by atoms with Crippen molar-refractivity contribution in [1.82, 2.24) is 0 Å². The van der Waals surface area contributed by atoms with Gasteiger partial charge in [0.15, 0.2) is 0 Å². The number of benzene rings is 2. The summed E-state index contributed by atoms with van der Waals surface area (Å²) in [4.78, 5) is 10.6. The Morgan fingerprint density at radius 2 is 1.95 bits per heavy atom. The Hall–Kier alpha value is -2.55. The zero-order valence-electron chi connectivity index (χ0n) is 11.9. The van der Waals surface area contributed by atoms with Crippen molar-refractivity contribution in [3.05, 3.63) is 65.2 Å². The standard InChI is InChI=1S/C18H17NO2/c1-12(8-18(20)21)11-19-15-6-7-17-14(10-15)9-13-4-2-3-5-16(13)17/h2-8,10,19H,9,11H2,1H3,(H,20,21)/b12-8-. The monoisotopic (exact) mass is 279 g/mol. The van der Waals surface area contributed by atoms with Crippen molar-refractivity contribution in [3.63, 3.8) is 0 Å². The molecule has 1 aliphatic carbocycles. The predicted molar refractivity (Wildman–Crippen MR) is 84.6 cm³/mol. The average Bonchev–Trinajstić information content (AvgIpc) is 2.82. The molecule has 0 bridgehead atoms. The number of carboxylic acid groups (broad SMARTS) is 1. The lowest BCUT2D eigenvalue weighted by Gasteiger charge is -2.08. The molecule has 0 aromatic heterocycles. The zero-order valence-corrected chi connectivity index (χ0v) is 11.9. The van der Waals surface area contributed by atoms with Crippen LogP contribution < -0.4 is 5.32 Å². The molecular weight excluding hydrogens is 262 g/mol. The van der Waals surface area contributed by atoms with Crippen LogP contribution in [0.25, 0.3) is 11.1 Å². The van der Waals surface area contributed by atoms with E-state index < -0.39 is 5.97 Å². The van der Waals surface area contributed by atoms with E-state index in [1.165, 1.54) is 28.3 Å². The molecule has 3 heteroatoms. The fourth-order valence-electron chi connectivity index (χ4n) is 2.76. The Morgan fingerprint density at radius 3 is 2.76 bits per heavy atom. The van der Waals surface area contributed by atoms with Crippen LogP contribution in [0.3, 0.4) is 0 Å². The van der Waals surface area contributed by atoms with Crippen LogP contribution in [0.5, 0.6) is 0 Å². The summed E-state index contributed by atoms with van der Waals surface area (Å²) in [5.74, 6) is -0.904. The van der Waals surface area contributed by atoms with Crippen LogP contribution in [0, 0.1) is 0 Å². The van der Waals surface area contributed by atoms with Crippen molar-refractivity contribution in [3.8, 4) is 11.1 Å². The molecule has 2 aromatic carbocycles. The number of hydrogen-bond donors (Lipinski definition) is 2. The van der Waals surface area contributed by atoms with Crippen LogP contribution in [0.4, 0.5) is 5.69 Å². The van der Waals surface area contributed by atoms with E-state index in [9.17, 15) is 4.79 Å². The first-order valence-corrected chi connectivity index (χ1v) is 6.98. The van der Waals surface area contributed by atoms with Crippen LogP contribution in [-0.4, -0.2) is 17.6 Å². The number of carbonyl (C=O) groups is 1. The summed E-state index contributed by atoms with van der Waals surface area (Å²) in [7, 11) is 0. The fraction of sp³-hybridized carbons (Fsp3) is 0.167.